The Labute approximate surface area is 167 Å². The van der Waals surface area contributed by atoms with Crippen molar-refractivity contribution in [1.82, 2.24) is 9.97 Å². The fraction of sp³-hybridized carbons (Fsp3) is 0.235. The second kappa shape index (κ2) is 8.00. The Hall–Kier alpha value is -1.54. The first-order valence-corrected chi connectivity index (χ1v) is 10.3. The van der Waals surface area contributed by atoms with Gasteiger partial charge in [0.15, 0.2) is 5.16 Å². The first-order chi connectivity index (χ1) is 12.4. The highest BCUT2D eigenvalue weighted by Gasteiger charge is 2.17. The number of nitrogens with one attached hydrogen (secondary N) is 1. The number of carboxylic acids is 1. The Kier molecular flexibility index (Phi) is 5.92. The van der Waals surface area contributed by atoms with Crippen molar-refractivity contribution in [2.75, 3.05) is 5.75 Å². The van der Waals surface area contributed by atoms with Crippen molar-refractivity contribution in [2.45, 2.75) is 24.9 Å². The Morgan fingerprint density at radius 3 is 2.81 bits per heavy atom. The summed E-state index contributed by atoms with van der Waals surface area (Å²) in [7, 11) is 0. The smallest absolute Gasteiger partial charge is 0.303 e. The second-order valence-electron chi connectivity index (χ2n) is 5.56. The molecule has 0 spiro atoms. The predicted molar refractivity (Wildman–Crippen MR) is 108 cm³/mol. The van der Waals surface area contributed by atoms with Crippen LogP contribution >= 0.6 is 46.3 Å². The van der Waals surface area contributed by atoms with Crippen LogP contribution < -0.4 is 5.56 Å². The van der Waals surface area contributed by atoms with Crippen molar-refractivity contribution < 1.29 is 9.90 Å². The number of hydrogen-bond donors (Lipinski definition) is 2. The Morgan fingerprint density at radius 1 is 1.35 bits per heavy atom. The number of aliphatic carboxylic acids is 1. The molecular formula is C17H14Cl2N2O3S2. The SMILES string of the molecule is Cc1sc2nc(SCCCC(=O)O)[nH]c(=O)c2c1-c1ccc(Cl)c(Cl)c1. The van der Waals surface area contributed by atoms with Gasteiger partial charge in [0.2, 0.25) is 0 Å². The number of halogens is 2. The van der Waals surface area contributed by atoms with E-state index in [1.807, 2.05) is 13.0 Å². The zero-order chi connectivity index (χ0) is 18.8. The van der Waals surface area contributed by atoms with Crippen LogP contribution in [0.15, 0.2) is 28.2 Å². The maximum Gasteiger partial charge on any atom is 0.303 e. The highest BCUT2D eigenvalue weighted by molar-refractivity contribution is 7.99. The number of H-pyrrole nitrogens is 1. The number of thioether (sulfide) groups is 1. The summed E-state index contributed by atoms with van der Waals surface area (Å²) < 4.78 is 0. The fourth-order valence-electron chi connectivity index (χ4n) is 2.56. The van der Waals surface area contributed by atoms with Crippen LogP contribution in [0.5, 0.6) is 0 Å². The molecule has 0 bridgehead atoms. The highest BCUT2D eigenvalue weighted by Crippen LogP contribution is 2.38. The summed E-state index contributed by atoms with van der Waals surface area (Å²) in [6.07, 6.45) is 0.610. The van der Waals surface area contributed by atoms with Crippen LogP contribution in [0.25, 0.3) is 21.3 Å². The van der Waals surface area contributed by atoms with Gasteiger partial charge in [0.05, 0.1) is 15.4 Å². The van der Waals surface area contributed by atoms with Crippen LogP contribution in [-0.4, -0.2) is 26.8 Å². The van der Waals surface area contributed by atoms with Crippen LogP contribution in [0.4, 0.5) is 0 Å². The Bertz CT molecular complexity index is 1050. The van der Waals surface area contributed by atoms with Gasteiger partial charge in [0, 0.05) is 22.6 Å². The van der Waals surface area contributed by atoms with E-state index in [2.05, 4.69) is 9.97 Å². The molecule has 0 unspecified atom stereocenters. The van der Waals surface area contributed by atoms with Gasteiger partial charge in [-0.1, -0.05) is 41.0 Å². The van der Waals surface area contributed by atoms with Gasteiger partial charge in [-0.2, -0.15) is 0 Å². The first kappa shape index (κ1) is 19.2. The summed E-state index contributed by atoms with van der Waals surface area (Å²) in [4.78, 5) is 32.1. The third kappa shape index (κ3) is 4.06. The molecule has 26 heavy (non-hydrogen) atoms. The normalized spacial score (nSPS) is 11.2. The van der Waals surface area contributed by atoms with Gasteiger partial charge in [-0.25, -0.2) is 4.98 Å². The van der Waals surface area contributed by atoms with Gasteiger partial charge in [-0.15, -0.1) is 11.3 Å². The van der Waals surface area contributed by atoms with Crippen LogP contribution in [-0.2, 0) is 4.79 Å². The molecule has 0 saturated heterocycles. The molecule has 9 heteroatoms. The zero-order valence-corrected chi connectivity index (χ0v) is 16.8. The molecule has 1 aromatic carbocycles. The monoisotopic (exact) mass is 428 g/mol. The van der Waals surface area contributed by atoms with E-state index in [4.69, 9.17) is 28.3 Å². The summed E-state index contributed by atoms with van der Waals surface area (Å²) in [5, 5.41) is 10.6. The topological polar surface area (TPSA) is 83.0 Å². The van der Waals surface area contributed by atoms with E-state index in [1.165, 1.54) is 23.1 Å². The minimum Gasteiger partial charge on any atom is -0.481 e. The second-order valence-corrected chi connectivity index (χ2v) is 8.66. The number of benzene rings is 1. The molecule has 0 atom stereocenters. The molecule has 5 nitrogen and oxygen atoms in total. The number of carboxylic acid groups (broad SMARTS) is 1. The van der Waals surface area contributed by atoms with E-state index in [1.54, 1.807) is 12.1 Å². The van der Waals surface area contributed by atoms with Gasteiger partial charge < -0.3 is 10.1 Å². The summed E-state index contributed by atoms with van der Waals surface area (Å²) >= 11 is 14.9. The molecule has 3 aromatic rings. The number of hydrogen-bond acceptors (Lipinski definition) is 5. The summed E-state index contributed by atoms with van der Waals surface area (Å²) in [5.41, 5.74) is 1.40. The molecule has 0 saturated carbocycles. The lowest BCUT2D eigenvalue weighted by Crippen LogP contribution is -2.09. The molecule has 136 valence electrons. The number of aromatic nitrogens is 2. The summed E-state index contributed by atoms with van der Waals surface area (Å²) in [6.45, 7) is 1.93. The van der Waals surface area contributed by atoms with Gasteiger partial charge in [0.25, 0.3) is 5.56 Å². The maximum atomic E-state index is 12.6. The maximum absolute atomic E-state index is 12.6. The minimum atomic E-state index is -0.831. The zero-order valence-electron chi connectivity index (χ0n) is 13.6. The van der Waals surface area contributed by atoms with Crippen LogP contribution in [0.1, 0.15) is 17.7 Å². The molecule has 0 fully saturated rings. The van der Waals surface area contributed by atoms with Crippen LogP contribution in [0, 0.1) is 6.92 Å². The van der Waals surface area contributed by atoms with Crippen molar-refractivity contribution in [3.05, 3.63) is 43.5 Å². The van der Waals surface area contributed by atoms with E-state index >= 15 is 0 Å². The quantitative estimate of drug-likeness (QED) is 0.319. The Morgan fingerprint density at radius 2 is 2.12 bits per heavy atom. The number of thiophene rings is 1. The standard InChI is InChI=1S/C17H14Cl2N2O3S2/c1-8-13(9-4-5-10(18)11(19)7-9)14-15(24)20-17(21-16(14)26-8)25-6-2-3-12(22)23/h4-5,7H,2-3,6H2,1H3,(H,22,23)(H,20,21,24). The molecule has 0 aliphatic heterocycles. The molecule has 3 rings (SSSR count). The van der Waals surface area contributed by atoms with Gasteiger partial charge in [-0.05, 0) is 31.0 Å². The average molecular weight is 429 g/mol. The number of nitrogens with zero attached hydrogens (tertiary/aromatic N) is 1. The van der Waals surface area contributed by atoms with E-state index < -0.39 is 5.97 Å². The van der Waals surface area contributed by atoms with Crippen LogP contribution in [0.2, 0.25) is 10.0 Å². The molecule has 0 amide bonds. The van der Waals surface area contributed by atoms with Crippen molar-refractivity contribution in [2.24, 2.45) is 0 Å². The first-order valence-electron chi connectivity index (χ1n) is 7.70. The lowest BCUT2D eigenvalue weighted by Gasteiger charge is -2.04. The van der Waals surface area contributed by atoms with Gasteiger partial charge >= 0.3 is 5.97 Å². The molecule has 2 N–H and O–H groups in total. The van der Waals surface area contributed by atoms with Crippen molar-refractivity contribution >= 4 is 62.5 Å². The summed E-state index contributed by atoms with van der Waals surface area (Å²) in [5.74, 6) is -0.257. The number of aryl methyl sites for hydroxylation is 1. The highest BCUT2D eigenvalue weighted by atomic mass is 35.5. The predicted octanol–water partition coefficient (Wildman–Crippen LogP) is 5.22. The van der Waals surface area contributed by atoms with E-state index in [-0.39, 0.29) is 12.0 Å². The average Bonchev–Trinajstić information content (AvgIpc) is 2.90. The molecule has 2 aromatic heterocycles. The molecular weight excluding hydrogens is 415 g/mol. The van der Waals surface area contributed by atoms with Gasteiger partial charge in [-0.3, -0.25) is 9.59 Å². The van der Waals surface area contributed by atoms with Crippen molar-refractivity contribution in [1.29, 1.82) is 0 Å². The summed E-state index contributed by atoms with van der Waals surface area (Å²) in [6, 6.07) is 5.28. The van der Waals surface area contributed by atoms with Crippen LogP contribution in [0.3, 0.4) is 0 Å². The van der Waals surface area contributed by atoms with E-state index in [0.29, 0.717) is 37.6 Å². The number of carbonyl (C=O) groups is 1. The van der Waals surface area contributed by atoms with Crippen molar-refractivity contribution in [3.8, 4) is 11.1 Å². The Balaban J connectivity index is 1.97. The van der Waals surface area contributed by atoms with E-state index in [0.717, 1.165) is 16.0 Å². The number of aromatic amines is 1. The fourth-order valence-corrected chi connectivity index (χ4v) is 4.76. The largest absolute Gasteiger partial charge is 0.481 e. The van der Waals surface area contributed by atoms with Gasteiger partial charge in [0.1, 0.15) is 4.83 Å². The minimum absolute atomic E-state index is 0.0963. The molecule has 2 heterocycles. The third-order valence-electron chi connectivity index (χ3n) is 3.70. The third-order valence-corrected chi connectivity index (χ3v) is 6.40. The molecule has 0 aliphatic carbocycles. The molecule has 0 radical (unpaired) electrons. The van der Waals surface area contributed by atoms with Crippen molar-refractivity contribution in [3.63, 3.8) is 0 Å². The number of rotatable bonds is 6. The molecule has 0 aliphatic rings. The number of fused-ring (bicyclic) bond motifs is 1. The lowest BCUT2D eigenvalue weighted by atomic mass is 10.0. The van der Waals surface area contributed by atoms with E-state index in [9.17, 15) is 9.59 Å². The lowest BCUT2D eigenvalue weighted by molar-refractivity contribution is -0.137.